The fourth-order valence-corrected chi connectivity index (χ4v) is 3.64. The summed E-state index contributed by atoms with van der Waals surface area (Å²) >= 11 is 0. The maximum absolute atomic E-state index is 12.5. The van der Waals surface area contributed by atoms with Crippen LogP contribution in [0.1, 0.15) is 43.8 Å². The predicted octanol–water partition coefficient (Wildman–Crippen LogP) is 1.65. The molecule has 2 aliphatic rings. The SMILES string of the molecule is CCOC(=O)CNC(=O)N1CCc2nc(C)nc(N3CCC(C)CC3)c2C1. The van der Waals surface area contributed by atoms with Crippen LogP contribution in [0.5, 0.6) is 0 Å². The number of piperidine rings is 1. The van der Waals surface area contributed by atoms with Gasteiger partial charge >= 0.3 is 12.0 Å². The Kier molecular flexibility index (Phi) is 6.13. The van der Waals surface area contributed by atoms with E-state index in [2.05, 4.69) is 22.1 Å². The van der Waals surface area contributed by atoms with Crippen LogP contribution in [0.25, 0.3) is 0 Å². The molecule has 0 aliphatic carbocycles. The number of nitrogens with one attached hydrogen (secondary N) is 1. The van der Waals surface area contributed by atoms with Crippen molar-refractivity contribution in [2.45, 2.75) is 46.6 Å². The van der Waals surface area contributed by atoms with Crippen LogP contribution in [0.3, 0.4) is 0 Å². The van der Waals surface area contributed by atoms with Crippen molar-refractivity contribution >= 4 is 17.8 Å². The Labute approximate surface area is 160 Å². The second-order valence-electron chi connectivity index (χ2n) is 7.32. The van der Waals surface area contributed by atoms with E-state index in [-0.39, 0.29) is 12.6 Å². The number of rotatable bonds is 4. The first kappa shape index (κ1) is 19.4. The Morgan fingerprint density at radius 2 is 1.96 bits per heavy atom. The monoisotopic (exact) mass is 375 g/mol. The summed E-state index contributed by atoms with van der Waals surface area (Å²) in [5, 5.41) is 2.64. The molecule has 0 atom stereocenters. The van der Waals surface area contributed by atoms with Gasteiger partial charge in [0.25, 0.3) is 0 Å². The van der Waals surface area contributed by atoms with Gasteiger partial charge in [0, 0.05) is 31.6 Å². The zero-order valence-electron chi connectivity index (χ0n) is 16.5. The number of hydrogen-bond donors (Lipinski definition) is 1. The molecule has 0 aromatic carbocycles. The van der Waals surface area contributed by atoms with Gasteiger partial charge in [0.05, 0.1) is 18.8 Å². The van der Waals surface area contributed by atoms with E-state index in [4.69, 9.17) is 9.72 Å². The van der Waals surface area contributed by atoms with Crippen molar-refractivity contribution in [3.05, 3.63) is 17.1 Å². The van der Waals surface area contributed by atoms with Gasteiger partial charge in [0.1, 0.15) is 18.2 Å². The minimum atomic E-state index is -0.426. The Balaban J connectivity index is 1.72. The molecule has 3 heterocycles. The fraction of sp³-hybridized carbons (Fsp3) is 0.684. The second-order valence-corrected chi connectivity index (χ2v) is 7.32. The molecular formula is C19H29N5O3. The maximum atomic E-state index is 12.5. The topological polar surface area (TPSA) is 87.7 Å². The lowest BCUT2D eigenvalue weighted by molar-refractivity contribution is -0.141. The maximum Gasteiger partial charge on any atom is 0.325 e. The Bertz CT molecular complexity index is 701. The van der Waals surface area contributed by atoms with E-state index in [1.807, 2.05) is 6.92 Å². The number of hydrogen-bond acceptors (Lipinski definition) is 6. The Morgan fingerprint density at radius 1 is 1.22 bits per heavy atom. The van der Waals surface area contributed by atoms with Crippen molar-refractivity contribution < 1.29 is 14.3 Å². The van der Waals surface area contributed by atoms with Crippen molar-refractivity contribution in [3.63, 3.8) is 0 Å². The molecule has 3 rings (SSSR count). The molecule has 0 unspecified atom stereocenters. The van der Waals surface area contributed by atoms with Crippen molar-refractivity contribution in [3.8, 4) is 0 Å². The second kappa shape index (κ2) is 8.54. The first-order valence-corrected chi connectivity index (χ1v) is 9.77. The summed E-state index contributed by atoms with van der Waals surface area (Å²) in [6, 6.07) is -0.257. The number of carbonyl (C=O) groups excluding carboxylic acids is 2. The van der Waals surface area contributed by atoms with Crippen LogP contribution in [0.2, 0.25) is 0 Å². The zero-order valence-corrected chi connectivity index (χ0v) is 16.5. The van der Waals surface area contributed by atoms with Crippen LogP contribution in [-0.2, 0) is 22.5 Å². The quantitative estimate of drug-likeness (QED) is 0.805. The van der Waals surface area contributed by atoms with Gasteiger partial charge in [-0.15, -0.1) is 0 Å². The van der Waals surface area contributed by atoms with Crippen LogP contribution in [0, 0.1) is 12.8 Å². The van der Waals surface area contributed by atoms with E-state index in [0.29, 0.717) is 26.1 Å². The Hall–Kier alpha value is -2.38. The molecule has 8 nitrogen and oxygen atoms in total. The molecule has 0 bridgehead atoms. The molecule has 8 heteroatoms. The summed E-state index contributed by atoms with van der Waals surface area (Å²) in [4.78, 5) is 37.3. The number of fused-ring (bicyclic) bond motifs is 1. The number of aromatic nitrogens is 2. The molecule has 1 saturated heterocycles. The van der Waals surface area contributed by atoms with Gasteiger partial charge in [0.2, 0.25) is 0 Å². The highest BCUT2D eigenvalue weighted by atomic mass is 16.5. The van der Waals surface area contributed by atoms with E-state index in [9.17, 15) is 9.59 Å². The highest BCUT2D eigenvalue weighted by Gasteiger charge is 2.28. The Morgan fingerprint density at radius 3 is 2.67 bits per heavy atom. The summed E-state index contributed by atoms with van der Waals surface area (Å²) in [6.07, 6.45) is 3.01. The minimum absolute atomic E-state index is 0.114. The first-order valence-electron chi connectivity index (χ1n) is 9.77. The molecule has 1 N–H and O–H groups in total. The summed E-state index contributed by atoms with van der Waals surface area (Å²) < 4.78 is 4.86. The molecule has 27 heavy (non-hydrogen) atoms. The molecule has 1 fully saturated rings. The van der Waals surface area contributed by atoms with E-state index in [1.54, 1.807) is 11.8 Å². The third-order valence-electron chi connectivity index (χ3n) is 5.21. The number of esters is 1. The number of ether oxygens (including phenoxy) is 1. The molecule has 0 radical (unpaired) electrons. The van der Waals surface area contributed by atoms with Gasteiger partial charge in [-0.25, -0.2) is 14.8 Å². The van der Waals surface area contributed by atoms with Crippen molar-refractivity contribution in [1.29, 1.82) is 0 Å². The predicted molar refractivity (Wildman–Crippen MR) is 102 cm³/mol. The number of urea groups is 1. The normalized spacial score (nSPS) is 17.4. The van der Waals surface area contributed by atoms with E-state index in [0.717, 1.165) is 54.7 Å². The molecule has 0 spiro atoms. The number of aryl methyl sites for hydroxylation is 1. The number of amides is 2. The summed E-state index contributed by atoms with van der Waals surface area (Å²) in [5.41, 5.74) is 2.07. The van der Waals surface area contributed by atoms with Crippen LogP contribution < -0.4 is 10.2 Å². The fourth-order valence-electron chi connectivity index (χ4n) is 3.64. The summed E-state index contributed by atoms with van der Waals surface area (Å²) in [7, 11) is 0. The van der Waals surface area contributed by atoms with Gasteiger partial charge in [0.15, 0.2) is 0 Å². The average Bonchev–Trinajstić information content (AvgIpc) is 2.66. The van der Waals surface area contributed by atoms with Crippen LogP contribution in [0.15, 0.2) is 0 Å². The lowest BCUT2D eigenvalue weighted by Gasteiger charge is -2.36. The van der Waals surface area contributed by atoms with E-state index in [1.165, 1.54) is 0 Å². The number of anilines is 1. The molecule has 0 saturated carbocycles. The largest absolute Gasteiger partial charge is 0.465 e. The first-order chi connectivity index (χ1) is 13.0. The summed E-state index contributed by atoms with van der Waals surface area (Å²) in [5.74, 6) is 2.06. The zero-order chi connectivity index (χ0) is 19.4. The van der Waals surface area contributed by atoms with Crippen molar-refractivity contribution in [2.24, 2.45) is 5.92 Å². The number of carbonyl (C=O) groups is 2. The highest BCUT2D eigenvalue weighted by Crippen LogP contribution is 2.29. The van der Waals surface area contributed by atoms with Crippen LogP contribution >= 0.6 is 0 Å². The lowest BCUT2D eigenvalue weighted by Crippen LogP contribution is -2.45. The smallest absolute Gasteiger partial charge is 0.325 e. The third kappa shape index (κ3) is 4.67. The number of nitrogens with zero attached hydrogens (tertiary/aromatic N) is 4. The van der Waals surface area contributed by atoms with Gasteiger partial charge in [-0.2, -0.15) is 0 Å². The summed E-state index contributed by atoms with van der Waals surface area (Å²) in [6.45, 7) is 9.16. The van der Waals surface area contributed by atoms with E-state index >= 15 is 0 Å². The highest BCUT2D eigenvalue weighted by molar-refractivity contribution is 5.81. The van der Waals surface area contributed by atoms with Crippen molar-refractivity contribution in [2.75, 3.05) is 37.7 Å². The average molecular weight is 375 g/mol. The molecule has 1 aromatic heterocycles. The molecule has 2 amide bonds. The molecule has 148 valence electrons. The standard InChI is InChI=1S/C19H29N5O3/c1-4-27-17(25)11-20-19(26)24-10-7-16-15(12-24)18(22-14(3)21-16)23-8-5-13(2)6-9-23/h13H,4-12H2,1-3H3,(H,20,26). The van der Waals surface area contributed by atoms with E-state index < -0.39 is 5.97 Å². The minimum Gasteiger partial charge on any atom is -0.465 e. The van der Waals surface area contributed by atoms with Gasteiger partial charge in [-0.05, 0) is 32.6 Å². The molecule has 2 aliphatic heterocycles. The lowest BCUT2D eigenvalue weighted by atomic mass is 9.98. The van der Waals surface area contributed by atoms with Gasteiger partial charge in [-0.1, -0.05) is 6.92 Å². The molecular weight excluding hydrogens is 346 g/mol. The van der Waals surface area contributed by atoms with Crippen LogP contribution in [0.4, 0.5) is 10.6 Å². The van der Waals surface area contributed by atoms with Crippen LogP contribution in [-0.4, -0.2) is 59.7 Å². The van der Waals surface area contributed by atoms with Gasteiger partial charge in [-0.3, -0.25) is 4.79 Å². The van der Waals surface area contributed by atoms with Crippen molar-refractivity contribution in [1.82, 2.24) is 20.2 Å². The third-order valence-corrected chi connectivity index (χ3v) is 5.21. The van der Waals surface area contributed by atoms with Gasteiger partial charge < -0.3 is 19.9 Å². The molecule has 1 aromatic rings.